The Kier molecular flexibility index (Phi) is 3.53. The monoisotopic (exact) mass is 184 g/mol. The lowest BCUT2D eigenvalue weighted by Crippen LogP contribution is -1.69. The first-order chi connectivity index (χ1) is 5.33. The third-order valence-corrected chi connectivity index (χ3v) is 1.89. The van der Waals surface area contributed by atoms with Crippen molar-refractivity contribution in [3.63, 3.8) is 0 Å². The molecule has 0 heterocycles. The normalized spacial score (nSPS) is 10.7. The molecule has 0 bridgehead atoms. The first-order valence-corrected chi connectivity index (χ1v) is 4.94. The van der Waals surface area contributed by atoms with Crippen molar-refractivity contribution in [1.29, 1.82) is 0 Å². The molecule has 1 aromatic carbocycles. The van der Waals surface area contributed by atoms with Gasteiger partial charge in [-0.25, -0.2) is 0 Å². The fraction of sp³-hybridized carbons (Fsp3) is 0.111. The van der Waals surface area contributed by atoms with Crippen LogP contribution in [0.25, 0.3) is 6.08 Å². The second-order valence-corrected chi connectivity index (χ2v) is 3.27. The zero-order valence-electron chi connectivity index (χ0n) is 6.25. The van der Waals surface area contributed by atoms with Gasteiger partial charge < -0.3 is 0 Å². The molecule has 0 spiro atoms. The van der Waals surface area contributed by atoms with Gasteiger partial charge in [0.1, 0.15) is 0 Å². The Morgan fingerprint density at radius 1 is 1.45 bits per heavy atom. The van der Waals surface area contributed by atoms with Gasteiger partial charge in [0.05, 0.1) is 0 Å². The minimum absolute atomic E-state index is 0.785. The van der Waals surface area contributed by atoms with Crippen LogP contribution in [-0.4, -0.2) is 6.26 Å². The van der Waals surface area contributed by atoms with Crippen LogP contribution >= 0.6 is 23.4 Å². The van der Waals surface area contributed by atoms with E-state index in [1.165, 1.54) is 0 Å². The zero-order valence-corrected chi connectivity index (χ0v) is 7.82. The third kappa shape index (κ3) is 3.00. The van der Waals surface area contributed by atoms with Crippen LogP contribution in [0.3, 0.4) is 0 Å². The van der Waals surface area contributed by atoms with Gasteiger partial charge in [-0.2, -0.15) is 0 Å². The number of hydrogen-bond donors (Lipinski definition) is 0. The second-order valence-electron chi connectivity index (χ2n) is 2.09. The highest BCUT2D eigenvalue weighted by Crippen LogP contribution is 2.12. The molecule has 0 nitrogen and oxygen atoms in total. The second kappa shape index (κ2) is 4.47. The molecule has 58 valence electrons. The molecule has 0 aliphatic carbocycles. The van der Waals surface area contributed by atoms with Crippen LogP contribution < -0.4 is 0 Å². The maximum absolute atomic E-state index is 5.78. The fourth-order valence-corrected chi connectivity index (χ4v) is 1.25. The molecule has 11 heavy (non-hydrogen) atoms. The van der Waals surface area contributed by atoms with Crippen LogP contribution in [0.15, 0.2) is 29.7 Å². The number of hydrogen-bond acceptors (Lipinski definition) is 1. The highest BCUT2D eigenvalue weighted by atomic mass is 35.5. The van der Waals surface area contributed by atoms with Crippen LogP contribution in [0.2, 0.25) is 5.02 Å². The molecule has 1 rings (SSSR count). The molecule has 0 saturated carbocycles. The van der Waals surface area contributed by atoms with Gasteiger partial charge in [-0.15, -0.1) is 11.8 Å². The number of rotatable bonds is 2. The van der Waals surface area contributed by atoms with E-state index in [2.05, 4.69) is 0 Å². The summed E-state index contributed by atoms with van der Waals surface area (Å²) in [5.74, 6) is 0. The van der Waals surface area contributed by atoms with E-state index in [9.17, 15) is 0 Å². The summed E-state index contributed by atoms with van der Waals surface area (Å²) in [5, 5.41) is 2.82. The molecule has 0 aromatic heterocycles. The molecule has 0 amide bonds. The highest BCUT2D eigenvalue weighted by molar-refractivity contribution is 8.01. The highest BCUT2D eigenvalue weighted by Gasteiger charge is 1.86. The van der Waals surface area contributed by atoms with Gasteiger partial charge >= 0.3 is 0 Å². The van der Waals surface area contributed by atoms with Crippen LogP contribution in [0.4, 0.5) is 0 Å². The first-order valence-electron chi connectivity index (χ1n) is 3.28. The molecule has 0 atom stereocenters. The van der Waals surface area contributed by atoms with Gasteiger partial charge in [0.15, 0.2) is 0 Å². The summed E-state index contributed by atoms with van der Waals surface area (Å²) in [4.78, 5) is 0. The molecule has 0 aliphatic heterocycles. The Balaban J connectivity index is 2.79. The first kappa shape index (κ1) is 8.69. The summed E-state index contributed by atoms with van der Waals surface area (Å²) in [5.41, 5.74) is 1.15. The Hall–Kier alpha value is -0.400. The smallest absolute Gasteiger partial charge is 0.0411 e. The van der Waals surface area contributed by atoms with Crippen molar-refractivity contribution < 1.29 is 0 Å². The molecule has 0 aliphatic rings. The van der Waals surface area contributed by atoms with Crippen molar-refractivity contribution in [2.45, 2.75) is 0 Å². The van der Waals surface area contributed by atoms with E-state index in [4.69, 9.17) is 11.6 Å². The number of halogens is 1. The lowest BCUT2D eigenvalue weighted by Gasteiger charge is -1.92. The summed E-state index contributed by atoms with van der Waals surface area (Å²) in [6.45, 7) is 0. The quantitative estimate of drug-likeness (QED) is 0.676. The van der Waals surface area contributed by atoms with E-state index in [1.807, 2.05) is 42.0 Å². The summed E-state index contributed by atoms with van der Waals surface area (Å²) in [6.07, 6.45) is 4.07. The average molecular weight is 185 g/mol. The minimum Gasteiger partial charge on any atom is -0.138 e. The van der Waals surface area contributed by atoms with Gasteiger partial charge in [-0.3, -0.25) is 0 Å². The van der Waals surface area contributed by atoms with Gasteiger partial charge in [-0.1, -0.05) is 23.7 Å². The summed E-state index contributed by atoms with van der Waals surface area (Å²) >= 11 is 7.46. The van der Waals surface area contributed by atoms with Gasteiger partial charge in [0.25, 0.3) is 0 Å². The van der Waals surface area contributed by atoms with Crippen molar-refractivity contribution in [2.24, 2.45) is 0 Å². The zero-order chi connectivity index (χ0) is 8.10. The van der Waals surface area contributed by atoms with Crippen molar-refractivity contribution in [1.82, 2.24) is 0 Å². The molecule has 0 N–H and O–H groups in total. The van der Waals surface area contributed by atoms with E-state index in [0.29, 0.717) is 0 Å². The van der Waals surface area contributed by atoms with Crippen LogP contribution in [0, 0.1) is 0 Å². The predicted octanol–water partition coefficient (Wildman–Crippen LogP) is 3.67. The Morgan fingerprint density at radius 3 is 2.91 bits per heavy atom. The largest absolute Gasteiger partial charge is 0.138 e. The van der Waals surface area contributed by atoms with Crippen LogP contribution in [-0.2, 0) is 0 Å². The van der Waals surface area contributed by atoms with E-state index in [1.54, 1.807) is 11.8 Å². The van der Waals surface area contributed by atoms with E-state index in [-0.39, 0.29) is 0 Å². The molecule has 0 saturated heterocycles. The van der Waals surface area contributed by atoms with E-state index in [0.717, 1.165) is 10.6 Å². The standard InChI is InChI=1S/C9H9ClS/c1-11-6-5-8-3-2-4-9(10)7-8/h2-7H,1H3/b6-5+. The van der Waals surface area contributed by atoms with Crippen LogP contribution in [0.5, 0.6) is 0 Å². The van der Waals surface area contributed by atoms with E-state index < -0.39 is 0 Å². The fourth-order valence-electron chi connectivity index (χ4n) is 0.757. The Labute approximate surface area is 76.3 Å². The predicted molar refractivity (Wildman–Crippen MR) is 54.0 cm³/mol. The van der Waals surface area contributed by atoms with Crippen LogP contribution in [0.1, 0.15) is 5.56 Å². The summed E-state index contributed by atoms with van der Waals surface area (Å²) < 4.78 is 0. The van der Waals surface area contributed by atoms with Crippen molar-refractivity contribution >= 4 is 29.4 Å². The lowest BCUT2D eigenvalue weighted by atomic mass is 10.2. The SMILES string of the molecule is CS/C=C/c1cccc(Cl)c1. The number of benzene rings is 1. The average Bonchev–Trinajstić information content (AvgIpc) is 2.01. The molecule has 0 unspecified atom stereocenters. The topological polar surface area (TPSA) is 0 Å². The Morgan fingerprint density at radius 2 is 2.27 bits per heavy atom. The Bertz CT molecular complexity index is 255. The van der Waals surface area contributed by atoms with Crippen molar-refractivity contribution in [2.75, 3.05) is 6.26 Å². The molecule has 1 aromatic rings. The van der Waals surface area contributed by atoms with Crippen molar-refractivity contribution in [3.8, 4) is 0 Å². The molecular formula is C9H9ClS. The minimum atomic E-state index is 0.785. The van der Waals surface area contributed by atoms with E-state index >= 15 is 0 Å². The van der Waals surface area contributed by atoms with Gasteiger partial charge in [0, 0.05) is 5.02 Å². The maximum Gasteiger partial charge on any atom is 0.0411 e. The number of thioether (sulfide) groups is 1. The van der Waals surface area contributed by atoms with Gasteiger partial charge in [0.2, 0.25) is 0 Å². The summed E-state index contributed by atoms with van der Waals surface area (Å²) in [7, 11) is 0. The molecule has 0 fully saturated rings. The maximum atomic E-state index is 5.78. The molecule has 2 heteroatoms. The van der Waals surface area contributed by atoms with Gasteiger partial charge in [-0.05, 0) is 35.4 Å². The molecule has 0 radical (unpaired) electrons. The third-order valence-electron chi connectivity index (χ3n) is 1.25. The van der Waals surface area contributed by atoms with Crippen molar-refractivity contribution in [3.05, 3.63) is 40.3 Å². The molecular weight excluding hydrogens is 176 g/mol. The lowest BCUT2D eigenvalue weighted by molar-refractivity contribution is 1.66. The summed E-state index contributed by atoms with van der Waals surface area (Å²) in [6, 6.07) is 7.78.